The fraction of sp³-hybridized carbons (Fsp3) is 0.600. The van der Waals surface area contributed by atoms with E-state index in [9.17, 15) is 10.2 Å². The summed E-state index contributed by atoms with van der Waals surface area (Å²) in [6.07, 6.45) is 6.10. The lowest BCUT2D eigenvalue weighted by molar-refractivity contribution is -0.123. The van der Waals surface area contributed by atoms with E-state index in [2.05, 4.69) is 0 Å². The van der Waals surface area contributed by atoms with Gasteiger partial charge in [-0.2, -0.15) is 0 Å². The minimum Gasteiger partial charge on any atom is -0.504 e. The average Bonchev–Trinajstić information content (AvgIpc) is 2.43. The van der Waals surface area contributed by atoms with Crippen molar-refractivity contribution in [2.45, 2.75) is 50.2 Å². The normalized spacial score (nSPS) is 25.2. The fourth-order valence-electron chi connectivity index (χ4n) is 3.52. The lowest BCUT2D eigenvalue weighted by Crippen LogP contribution is -2.43. The number of aromatic hydroxyl groups is 2. The molecule has 0 bridgehead atoms. The molecule has 1 aromatic rings. The van der Waals surface area contributed by atoms with Crippen molar-refractivity contribution in [2.24, 2.45) is 5.73 Å². The molecule has 1 aliphatic carbocycles. The zero-order chi connectivity index (χ0) is 13.5. The van der Waals surface area contributed by atoms with Crippen LogP contribution in [0, 0.1) is 0 Å². The van der Waals surface area contributed by atoms with E-state index in [4.69, 9.17) is 10.5 Å². The lowest BCUT2D eigenvalue weighted by Gasteiger charge is -2.44. The van der Waals surface area contributed by atoms with Crippen LogP contribution in [0.4, 0.5) is 0 Å². The zero-order valence-corrected chi connectivity index (χ0v) is 11.1. The van der Waals surface area contributed by atoms with Gasteiger partial charge >= 0.3 is 0 Å². The molecule has 3 rings (SSSR count). The second kappa shape index (κ2) is 4.69. The van der Waals surface area contributed by atoms with Gasteiger partial charge in [0.1, 0.15) is 0 Å². The van der Waals surface area contributed by atoms with Gasteiger partial charge in [0.2, 0.25) is 0 Å². The smallest absolute Gasteiger partial charge is 0.161 e. The third-order valence-electron chi connectivity index (χ3n) is 4.51. The Balaban J connectivity index is 2.03. The first-order valence-corrected chi connectivity index (χ1v) is 7.07. The summed E-state index contributed by atoms with van der Waals surface area (Å²) in [7, 11) is 0. The molecule has 1 atom stereocenters. The molecule has 4 nitrogen and oxygen atoms in total. The van der Waals surface area contributed by atoms with Crippen LogP contribution < -0.4 is 5.73 Å². The van der Waals surface area contributed by atoms with Crippen molar-refractivity contribution in [3.63, 3.8) is 0 Å². The van der Waals surface area contributed by atoms with E-state index in [0.717, 1.165) is 36.8 Å². The van der Waals surface area contributed by atoms with Gasteiger partial charge in [0, 0.05) is 18.5 Å². The van der Waals surface area contributed by atoms with E-state index in [1.54, 1.807) is 0 Å². The molecule has 1 heterocycles. The summed E-state index contributed by atoms with van der Waals surface area (Å²) < 4.78 is 6.27. The minimum atomic E-state index is -0.194. The van der Waals surface area contributed by atoms with Crippen LogP contribution >= 0.6 is 0 Å². The molecule has 0 unspecified atom stereocenters. The quantitative estimate of drug-likeness (QED) is 0.680. The first-order valence-electron chi connectivity index (χ1n) is 7.07. The Labute approximate surface area is 113 Å². The van der Waals surface area contributed by atoms with Crippen LogP contribution in [0.3, 0.4) is 0 Å². The van der Waals surface area contributed by atoms with Crippen LogP contribution in [0.25, 0.3) is 0 Å². The number of hydrogen-bond acceptors (Lipinski definition) is 4. The molecule has 0 aromatic heterocycles. The van der Waals surface area contributed by atoms with E-state index in [1.807, 2.05) is 6.07 Å². The predicted octanol–water partition coefficient (Wildman–Crippen LogP) is 2.37. The van der Waals surface area contributed by atoms with Crippen LogP contribution in [0.5, 0.6) is 11.5 Å². The van der Waals surface area contributed by atoms with Crippen molar-refractivity contribution in [1.29, 1.82) is 0 Å². The minimum absolute atomic E-state index is 0.00389. The number of phenolic OH excluding ortho intramolecular Hbond substituents is 2. The topological polar surface area (TPSA) is 75.7 Å². The van der Waals surface area contributed by atoms with E-state index >= 15 is 0 Å². The van der Waals surface area contributed by atoms with Crippen molar-refractivity contribution in [3.8, 4) is 11.5 Å². The molecular formula is C15H21NO3. The first-order chi connectivity index (χ1) is 9.15. The van der Waals surface area contributed by atoms with Gasteiger partial charge in [-0.1, -0.05) is 25.3 Å². The first kappa shape index (κ1) is 12.8. The van der Waals surface area contributed by atoms with E-state index in [1.165, 1.54) is 12.5 Å². The highest BCUT2D eigenvalue weighted by Gasteiger charge is 2.41. The highest BCUT2D eigenvalue weighted by Crippen LogP contribution is 2.47. The van der Waals surface area contributed by atoms with E-state index in [-0.39, 0.29) is 23.2 Å². The Bertz CT molecular complexity index is 481. The van der Waals surface area contributed by atoms with Crippen LogP contribution in [0.15, 0.2) is 12.1 Å². The van der Waals surface area contributed by atoms with E-state index < -0.39 is 0 Å². The second-order valence-corrected chi connectivity index (χ2v) is 5.76. The van der Waals surface area contributed by atoms with Crippen molar-refractivity contribution >= 4 is 0 Å². The van der Waals surface area contributed by atoms with Crippen LogP contribution in [0.1, 0.15) is 49.3 Å². The fourth-order valence-corrected chi connectivity index (χ4v) is 3.52. The van der Waals surface area contributed by atoms with Gasteiger partial charge in [-0.25, -0.2) is 0 Å². The molecule has 0 saturated heterocycles. The summed E-state index contributed by atoms with van der Waals surface area (Å²) in [6.45, 7) is 0.402. The molecule has 1 aliphatic heterocycles. The summed E-state index contributed by atoms with van der Waals surface area (Å²) in [5, 5.41) is 19.8. The van der Waals surface area contributed by atoms with Crippen molar-refractivity contribution in [1.82, 2.24) is 0 Å². The second-order valence-electron chi connectivity index (χ2n) is 5.76. The Morgan fingerprint density at radius 2 is 1.95 bits per heavy atom. The maximum atomic E-state index is 10.1. The van der Waals surface area contributed by atoms with Crippen LogP contribution in [0.2, 0.25) is 0 Å². The monoisotopic (exact) mass is 263 g/mol. The third-order valence-corrected chi connectivity index (χ3v) is 4.51. The van der Waals surface area contributed by atoms with Gasteiger partial charge in [0.25, 0.3) is 0 Å². The Kier molecular flexibility index (Phi) is 3.15. The molecule has 4 N–H and O–H groups in total. The molecule has 1 fully saturated rings. The predicted molar refractivity (Wildman–Crippen MR) is 72.2 cm³/mol. The summed E-state index contributed by atoms with van der Waals surface area (Å²) in [5.74, 6) is -0.0495. The summed E-state index contributed by atoms with van der Waals surface area (Å²) >= 11 is 0. The van der Waals surface area contributed by atoms with Crippen molar-refractivity contribution in [3.05, 3.63) is 23.3 Å². The van der Waals surface area contributed by atoms with Gasteiger partial charge in [0.15, 0.2) is 11.5 Å². The van der Waals surface area contributed by atoms with Crippen molar-refractivity contribution < 1.29 is 14.9 Å². The zero-order valence-electron chi connectivity index (χ0n) is 11.1. The van der Waals surface area contributed by atoms with Gasteiger partial charge in [-0.15, -0.1) is 0 Å². The molecular weight excluding hydrogens is 242 g/mol. The maximum absolute atomic E-state index is 10.1. The summed E-state index contributed by atoms with van der Waals surface area (Å²) in [6, 6.07) is 3.33. The highest BCUT2D eigenvalue weighted by atomic mass is 16.5. The molecule has 0 radical (unpaired) electrons. The Morgan fingerprint density at radius 1 is 1.21 bits per heavy atom. The maximum Gasteiger partial charge on any atom is 0.161 e. The molecule has 1 aromatic carbocycles. The molecule has 4 heteroatoms. The standard InChI is InChI=1S/C15H21NO3/c16-9-13-10-4-5-12(17)14(18)11(10)8-15(19-13)6-2-1-3-7-15/h4-5,13,17-18H,1-3,6-9,16H2/t13-/m1/s1. The number of benzene rings is 1. The number of phenols is 2. The molecule has 104 valence electrons. The molecule has 19 heavy (non-hydrogen) atoms. The number of fused-ring (bicyclic) bond motifs is 1. The van der Waals surface area contributed by atoms with Crippen LogP contribution in [-0.2, 0) is 11.2 Å². The molecule has 2 aliphatic rings. The SMILES string of the molecule is NC[C@H]1OC2(CCCCC2)Cc2c1ccc(O)c2O. The Hall–Kier alpha value is -1.26. The Morgan fingerprint density at radius 3 is 2.63 bits per heavy atom. The highest BCUT2D eigenvalue weighted by molar-refractivity contribution is 5.51. The van der Waals surface area contributed by atoms with Gasteiger partial charge in [-0.3, -0.25) is 0 Å². The number of ether oxygens (including phenoxy) is 1. The number of nitrogens with two attached hydrogens (primary N) is 1. The van der Waals surface area contributed by atoms with Gasteiger partial charge in [-0.05, 0) is 24.5 Å². The molecule has 1 saturated carbocycles. The molecule has 1 spiro atoms. The largest absolute Gasteiger partial charge is 0.504 e. The third kappa shape index (κ3) is 2.09. The molecule has 0 amide bonds. The summed E-state index contributed by atoms with van der Waals surface area (Å²) in [5.41, 5.74) is 7.38. The number of hydrogen-bond donors (Lipinski definition) is 3. The van der Waals surface area contributed by atoms with Gasteiger partial charge in [0.05, 0.1) is 11.7 Å². The van der Waals surface area contributed by atoms with Crippen LogP contribution in [-0.4, -0.2) is 22.4 Å². The van der Waals surface area contributed by atoms with Gasteiger partial charge < -0.3 is 20.7 Å². The average molecular weight is 263 g/mol. The van der Waals surface area contributed by atoms with E-state index in [0.29, 0.717) is 13.0 Å². The lowest BCUT2D eigenvalue weighted by atomic mass is 9.76. The van der Waals surface area contributed by atoms with Crippen molar-refractivity contribution in [2.75, 3.05) is 6.54 Å². The number of rotatable bonds is 1. The summed E-state index contributed by atoms with van der Waals surface area (Å²) in [4.78, 5) is 0.